The van der Waals surface area contributed by atoms with E-state index >= 15 is 0 Å². The van der Waals surface area contributed by atoms with Gasteiger partial charge < -0.3 is 19.8 Å². The van der Waals surface area contributed by atoms with E-state index in [-0.39, 0.29) is 23.3 Å². The number of nitrogens with one attached hydrogen (secondary N) is 2. The first-order valence-electron chi connectivity index (χ1n) is 5.86. The van der Waals surface area contributed by atoms with Gasteiger partial charge in [-0.15, -0.1) is 0 Å². The second-order valence-electron chi connectivity index (χ2n) is 4.17. The Morgan fingerprint density at radius 2 is 2.44 bits per heavy atom. The lowest BCUT2D eigenvalue weighted by atomic mass is 10.1. The van der Waals surface area contributed by atoms with Crippen LogP contribution in [0.3, 0.4) is 0 Å². The third-order valence-electron chi connectivity index (χ3n) is 2.85. The number of rotatable bonds is 3. The predicted octanol–water partition coefficient (Wildman–Crippen LogP) is 0.292. The molecular formula is C12H16N2O4. The van der Waals surface area contributed by atoms with Crippen LogP contribution in [0.1, 0.15) is 23.2 Å². The number of aromatic amines is 1. The summed E-state index contributed by atoms with van der Waals surface area (Å²) in [5, 5.41) is 2.86. The first-order valence-corrected chi connectivity index (χ1v) is 5.86. The van der Waals surface area contributed by atoms with E-state index in [1.54, 1.807) is 0 Å². The molecule has 0 saturated carbocycles. The van der Waals surface area contributed by atoms with Crippen molar-refractivity contribution in [2.75, 3.05) is 20.3 Å². The predicted molar refractivity (Wildman–Crippen MR) is 64.9 cm³/mol. The molecule has 1 aliphatic heterocycles. The second-order valence-corrected chi connectivity index (χ2v) is 4.17. The maximum absolute atomic E-state index is 12.0. The van der Waals surface area contributed by atoms with Gasteiger partial charge in [0.25, 0.3) is 11.5 Å². The molecule has 0 bridgehead atoms. The summed E-state index contributed by atoms with van der Waals surface area (Å²) in [6.07, 6.45) is 3.20. The summed E-state index contributed by atoms with van der Waals surface area (Å²) >= 11 is 0. The zero-order valence-corrected chi connectivity index (χ0v) is 10.2. The van der Waals surface area contributed by atoms with Crippen LogP contribution in [0.15, 0.2) is 17.1 Å². The van der Waals surface area contributed by atoms with Crippen LogP contribution in [0.2, 0.25) is 0 Å². The van der Waals surface area contributed by atoms with Gasteiger partial charge in [0.15, 0.2) is 0 Å². The number of H-pyrrole nitrogens is 1. The van der Waals surface area contributed by atoms with E-state index in [4.69, 9.17) is 9.47 Å². The molecule has 1 aromatic rings. The highest BCUT2D eigenvalue weighted by Gasteiger charge is 2.19. The molecule has 1 amide bonds. The van der Waals surface area contributed by atoms with E-state index in [1.165, 1.54) is 19.4 Å². The lowest BCUT2D eigenvalue weighted by molar-refractivity contribution is 0.0622. The Labute approximate surface area is 104 Å². The molecule has 1 saturated heterocycles. The first kappa shape index (κ1) is 12.6. The largest absolute Gasteiger partial charge is 0.496 e. The Morgan fingerprint density at radius 3 is 3.11 bits per heavy atom. The molecule has 98 valence electrons. The smallest absolute Gasteiger partial charge is 0.256 e. The number of ether oxygens (including phenoxy) is 2. The minimum atomic E-state index is -0.301. The number of hydrogen-bond donors (Lipinski definition) is 2. The molecule has 1 atom stereocenters. The van der Waals surface area contributed by atoms with Gasteiger partial charge in [0.05, 0.1) is 25.3 Å². The molecule has 0 unspecified atom stereocenters. The van der Waals surface area contributed by atoms with Crippen LogP contribution in [0.5, 0.6) is 5.75 Å². The van der Waals surface area contributed by atoms with E-state index in [2.05, 4.69) is 10.3 Å². The Balaban J connectivity index is 2.10. The fourth-order valence-corrected chi connectivity index (χ4v) is 1.92. The molecule has 0 spiro atoms. The average Bonchev–Trinajstić information content (AvgIpc) is 2.39. The maximum atomic E-state index is 12.0. The molecule has 2 rings (SSSR count). The molecule has 6 nitrogen and oxygen atoms in total. The van der Waals surface area contributed by atoms with Crippen molar-refractivity contribution in [2.24, 2.45) is 0 Å². The average molecular weight is 252 g/mol. The van der Waals surface area contributed by atoms with Gasteiger partial charge in [0.2, 0.25) is 0 Å². The Morgan fingerprint density at radius 1 is 1.61 bits per heavy atom. The van der Waals surface area contributed by atoms with E-state index < -0.39 is 0 Å². The highest BCUT2D eigenvalue weighted by Crippen LogP contribution is 2.15. The van der Waals surface area contributed by atoms with Gasteiger partial charge in [0.1, 0.15) is 5.75 Å². The lowest BCUT2D eigenvalue weighted by Gasteiger charge is -2.23. The fourth-order valence-electron chi connectivity index (χ4n) is 1.92. The van der Waals surface area contributed by atoms with Crippen LogP contribution >= 0.6 is 0 Å². The normalized spacial score (nSPS) is 19.3. The van der Waals surface area contributed by atoms with Crippen LogP contribution in [0, 0.1) is 0 Å². The van der Waals surface area contributed by atoms with Crippen LogP contribution in [0.25, 0.3) is 0 Å². The molecule has 1 aliphatic rings. The highest BCUT2D eigenvalue weighted by molar-refractivity contribution is 5.96. The van der Waals surface area contributed by atoms with Crippen molar-refractivity contribution >= 4 is 5.91 Å². The van der Waals surface area contributed by atoms with Gasteiger partial charge in [-0.3, -0.25) is 9.59 Å². The molecule has 1 fully saturated rings. The minimum absolute atomic E-state index is 0.0166. The third kappa shape index (κ3) is 2.89. The van der Waals surface area contributed by atoms with Crippen molar-refractivity contribution in [1.29, 1.82) is 0 Å². The van der Waals surface area contributed by atoms with E-state index in [9.17, 15) is 9.59 Å². The van der Waals surface area contributed by atoms with Crippen LogP contribution in [-0.4, -0.2) is 37.3 Å². The van der Waals surface area contributed by atoms with Crippen molar-refractivity contribution in [1.82, 2.24) is 10.3 Å². The van der Waals surface area contributed by atoms with Crippen molar-refractivity contribution in [2.45, 2.75) is 18.9 Å². The summed E-state index contributed by atoms with van der Waals surface area (Å²) in [7, 11) is 1.43. The monoisotopic (exact) mass is 252 g/mol. The highest BCUT2D eigenvalue weighted by atomic mass is 16.5. The number of aromatic nitrogens is 1. The Hall–Kier alpha value is -1.82. The number of methoxy groups -OCH3 is 1. The van der Waals surface area contributed by atoms with E-state index in [1.807, 2.05) is 0 Å². The lowest BCUT2D eigenvalue weighted by Crippen LogP contribution is -2.40. The topological polar surface area (TPSA) is 80.4 Å². The number of pyridine rings is 1. The molecule has 6 heteroatoms. The molecule has 2 N–H and O–H groups in total. The summed E-state index contributed by atoms with van der Waals surface area (Å²) in [6.45, 7) is 1.27. The number of carbonyl (C=O) groups excluding carboxylic acids is 1. The summed E-state index contributed by atoms with van der Waals surface area (Å²) in [4.78, 5) is 25.6. The second kappa shape index (κ2) is 5.68. The zero-order valence-electron chi connectivity index (χ0n) is 10.2. The molecule has 1 aromatic heterocycles. The van der Waals surface area contributed by atoms with Crippen molar-refractivity contribution < 1.29 is 14.3 Å². The Bertz CT molecular complexity index is 477. The summed E-state index contributed by atoms with van der Waals surface area (Å²) in [5.74, 6) is 0.00609. The van der Waals surface area contributed by atoms with Crippen molar-refractivity contribution in [3.05, 3.63) is 28.2 Å². The summed E-state index contributed by atoms with van der Waals surface area (Å²) in [5.41, 5.74) is 0.0204. The van der Waals surface area contributed by atoms with E-state index in [0.717, 1.165) is 19.4 Å². The number of carbonyl (C=O) groups is 1. The van der Waals surface area contributed by atoms with Gasteiger partial charge in [-0.1, -0.05) is 0 Å². The molecule has 0 radical (unpaired) electrons. The molecule has 18 heavy (non-hydrogen) atoms. The third-order valence-corrected chi connectivity index (χ3v) is 2.85. The quantitative estimate of drug-likeness (QED) is 0.810. The number of hydrogen-bond acceptors (Lipinski definition) is 4. The number of amides is 1. The Kier molecular flexibility index (Phi) is 3.99. The summed E-state index contributed by atoms with van der Waals surface area (Å²) in [6, 6.07) is 1.27. The van der Waals surface area contributed by atoms with Gasteiger partial charge >= 0.3 is 0 Å². The fraction of sp³-hybridized carbons (Fsp3) is 0.500. The van der Waals surface area contributed by atoms with E-state index in [0.29, 0.717) is 12.2 Å². The standard InChI is InChI=1S/C12H16N2O4/c1-17-10-5-11(15)13-6-9(10)12(16)14-8-3-2-4-18-7-8/h5-6,8H,2-4,7H2,1H3,(H,13,15)(H,14,16)/t8-/m0/s1. The maximum Gasteiger partial charge on any atom is 0.256 e. The minimum Gasteiger partial charge on any atom is -0.496 e. The molecule has 0 aliphatic carbocycles. The van der Waals surface area contributed by atoms with Crippen LogP contribution in [0.4, 0.5) is 0 Å². The van der Waals surface area contributed by atoms with Crippen molar-refractivity contribution in [3.8, 4) is 5.75 Å². The van der Waals surface area contributed by atoms with Gasteiger partial charge in [0, 0.05) is 18.9 Å². The van der Waals surface area contributed by atoms with Gasteiger partial charge in [-0.05, 0) is 12.8 Å². The summed E-state index contributed by atoms with van der Waals surface area (Å²) < 4.78 is 10.3. The van der Waals surface area contributed by atoms with Crippen LogP contribution < -0.4 is 15.6 Å². The SMILES string of the molecule is COc1cc(=O)[nH]cc1C(=O)N[C@H]1CCCOC1. The van der Waals surface area contributed by atoms with Crippen LogP contribution in [-0.2, 0) is 4.74 Å². The molecule has 0 aromatic carbocycles. The molecule has 2 heterocycles. The van der Waals surface area contributed by atoms with Gasteiger partial charge in [-0.25, -0.2) is 0 Å². The zero-order chi connectivity index (χ0) is 13.0. The molecular weight excluding hydrogens is 236 g/mol. The van der Waals surface area contributed by atoms with Crippen molar-refractivity contribution in [3.63, 3.8) is 0 Å². The van der Waals surface area contributed by atoms with Gasteiger partial charge in [-0.2, -0.15) is 0 Å². The first-order chi connectivity index (χ1) is 8.70.